The van der Waals surface area contributed by atoms with E-state index in [9.17, 15) is 17.6 Å². The van der Waals surface area contributed by atoms with E-state index >= 15 is 0 Å². The van der Waals surface area contributed by atoms with Gasteiger partial charge in [0.25, 0.3) is 15.9 Å². The maximum absolute atomic E-state index is 13.8. The van der Waals surface area contributed by atoms with E-state index in [0.717, 1.165) is 17.4 Å². The summed E-state index contributed by atoms with van der Waals surface area (Å²) in [6.07, 6.45) is 0. The van der Waals surface area contributed by atoms with Crippen LogP contribution >= 0.6 is 22.9 Å². The zero-order valence-electron chi connectivity index (χ0n) is 14.0. The van der Waals surface area contributed by atoms with E-state index in [2.05, 4.69) is 10.0 Å². The van der Waals surface area contributed by atoms with E-state index in [-0.39, 0.29) is 10.6 Å². The Kier molecular flexibility index (Phi) is 5.50. The Labute approximate surface area is 164 Å². The molecule has 1 aromatic heterocycles. The number of para-hydroxylation sites is 1. The molecule has 5 nitrogen and oxygen atoms in total. The lowest BCUT2D eigenvalue weighted by atomic mass is 10.2. The minimum absolute atomic E-state index is 0.0623. The Hall–Kier alpha value is -2.42. The number of aryl methyl sites for hydroxylation is 1. The minimum Gasteiger partial charge on any atom is -0.321 e. The van der Waals surface area contributed by atoms with Crippen LogP contribution in [0.25, 0.3) is 0 Å². The SMILES string of the molecule is Cc1ccc(NC(=O)c2ccc(Cl)s2)cc1S(=O)(=O)Nc1ccccc1F. The maximum atomic E-state index is 13.8. The quantitative estimate of drug-likeness (QED) is 0.611. The molecular weight excluding hydrogens is 411 g/mol. The molecule has 3 aromatic rings. The monoisotopic (exact) mass is 424 g/mol. The topological polar surface area (TPSA) is 75.3 Å². The van der Waals surface area contributed by atoms with Crippen LogP contribution in [0.3, 0.4) is 0 Å². The fourth-order valence-electron chi connectivity index (χ4n) is 2.34. The van der Waals surface area contributed by atoms with Gasteiger partial charge >= 0.3 is 0 Å². The van der Waals surface area contributed by atoms with Crippen LogP contribution < -0.4 is 10.0 Å². The lowest BCUT2D eigenvalue weighted by Crippen LogP contribution is -2.16. The van der Waals surface area contributed by atoms with Gasteiger partial charge in [0.2, 0.25) is 0 Å². The van der Waals surface area contributed by atoms with Gasteiger partial charge in [0.15, 0.2) is 0 Å². The van der Waals surface area contributed by atoms with Gasteiger partial charge in [-0.2, -0.15) is 0 Å². The molecule has 0 radical (unpaired) electrons. The third kappa shape index (κ3) is 4.47. The molecule has 0 aliphatic carbocycles. The second kappa shape index (κ2) is 7.67. The van der Waals surface area contributed by atoms with E-state index in [1.165, 1.54) is 24.3 Å². The van der Waals surface area contributed by atoms with E-state index in [1.807, 2.05) is 0 Å². The molecule has 0 fully saturated rings. The molecule has 9 heteroatoms. The summed E-state index contributed by atoms with van der Waals surface area (Å²) in [6.45, 7) is 1.61. The molecule has 0 unspecified atom stereocenters. The van der Waals surface area contributed by atoms with Crippen LogP contribution in [0.15, 0.2) is 59.5 Å². The molecule has 0 aliphatic heterocycles. The molecule has 2 N–H and O–H groups in total. The van der Waals surface area contributed by atoms with E-state index in [0.29, 0.717) is 20.5 Å². The Morgan fingerprint density at radius 3 is 2.52 bits per heavy atom. The summed E-state index contributed by atoms with van der Waals surface area (Å²) in [5, 5.41) is 2.63. The summed E-state index contributed by atoms with van der Waals surface area (Å²) < 4.78 is 41.8. The molecule has 0 aliphatic rings. The molecule has 0 atom stereocenters. The molecule has 1 amide bonds. The molecular formula is C18H14ClFN2O3S2. The van der Waals surface area contributed by atoms with Crippen molar-refractivity contribution in [3.63, 3.8) is 0 Å². The predicted molar refractivity (Wildman–Crippen MR) is 106 cm³/mol. The zero-order chi connectivity index (χ0) is 19.6. The molecule has 2 aromatic carbocycles. The fourth-order valence-corrected chi connectivity index (χ4v) is 4.62. The first-order chi connectivity index (χ1) is 12.8. The van der Waals surface area contributed by atoms with Crippen molar-refractivity contribution in [2.45, 2.75) is 11.8 Å². The number of nitrogens with one attached hydrogen (secondary N) is 2. The van der Waals surface area contributed by atoms with Crippen LogP contribution in [0, 0.1) is 12.7 Å². The fraction of sp³-hybridized carbons (Fsp3) is 0.0556. The van der Waals surface area contributed by atoms with Gasteiger partial charge in [0.05, 0.1) is 19.8 Å². The van der Waals surface area contributed by atoms with Crippen molar-refractivity contribution in [2.24, 2.45) is 0 Å². The number of thiophene rings is 1. The van der Waals surface area contributed by atoms with Crippen molar-refractivity contribution < 1.29 is 17.6 Å². The standard InChI is InChI=1S/C18H14ClFN2O3S2/c1-11-6-7-12(21-18(23)15-8-9-17(19)26-15)10-16(11)27(24,25)22-14-5-3-2-4-13(14)20/h2-10,22H,1H3,(H,21,23). The number of carbonyl (C=O) groups is 1. The minimum atomic E-state index is -4.05. The number of anilines is 2. The summed E-state index contributed by atoms with van der Waals surface area (Å²) >= 11 is 6.94. The smallest absolute Gasteiger partial charge is 0.265 e. The Morgan fingerprint density at radius 2 is 1.85 bits per heavy atom. The number of amides is 1. The van der Waals surface area contributed by atoms with Crippen LogP contribution in [0.4, 0.5) is 15.8 Å². The highest BCUT2D eigenvalue weighted by Gasteiger charge is 2.20. The summed E-state index contributed by atoms with van der Waals surface area (Å²) in [5.41, 5.74) is 0.597. The second-order valence-electron chi connectivity index (χ2n) is 5.62. The lowest BCUT2D eigenvalue weighted by molar-refractivity contribution is 0.103. The Balaban J connectivity index is 1.88. The Morgan fingerprint density at radius 1 is 1.11 bits per heavy atom. The van der Waals surface area contributed by atoms with Crippen LogP contribution in [-0.2, 0) is 10.0 Å². The third-order valence-electron chi connectivity index (χ3n) is 3.65. The summed E-state index contributed by atoms with van der Waals surface area (Å²) in [5.74, 6) is -1.08. The molecule has 1 heterocycles. The van der Waals surface area contributed by atoms with Gasteiger partial charge in [-0.1, -0.05) is 29.8 Å². The largest absolute Gasteiger partial charge is 0.321 e. The first-order valence-corrected chi connectivity index (χ1v) is 10.4. The van der Waals surface area contributed by atoms with Gasteiger partial charge < -0.3 is 5.32 Å². The van der Waals surface area contributed by atoms with Gasteiger partial charge in [-0.15, -0.1) is 11.3 Å². The molecule has 27 heavy (non-hydrogen) atoms. The first kappa shape index (κ1) is 19.3. The van der Waals surface area contributed by atoms with Crippen molar-refractivity contribution in [3.8, 4) is 0 Å². The maximum Gasteiger partial charge on any atom is 0.265 e. The average molecular weight is 425 g/mol. The highest BCUT2D eigenvalue weighted by atomic mass is 35.5. The van der Waals surface area contributed by atoms with Crippen molar-refractivity contribution in [1.82, 2.24) is 0 Å². The number of sulfonamides is 1. The lowest BCUT2D eigenvalue weighted by Gasteiger charge is -2.13. The average Bonchev–Trinajstić information content (AvgIpc) is 3.05. The number of hydrogen-bond donors (Lipinski definition) is 2. The van der Waals surface area contributed by atoms with Gasteiger partial charge in [-0.3, -0.25) is 9.52 Å². The van der Waals surface area contributed by atoms with Crippen molar-refractivity contribution in [3.05, 3.63) is 75.2 Å². The number of rotatable bonds is 5. The molecule has 0 spiro atoms. The van der Waals surface area contributed by atoms with Crippen LogP contribution in [0.1, 0.15) is 15.2 Å². The highest BCUT2D eigenvalue weighted by Crippen LogP contribution is 2.26. The molecule has 0 saturated carbocycles. The molecule has 140 valence electrons. The van der Waals surface area contributed by atoms with Gasteiger partial charge in [0, 0.05) is 5.69 Å². The van der Waals surface area contributed by atoms with Crippen LogP contribution in [0.2, 0.25) is 4.34 Å². The van der Waals surface area contributed by atoms with Gasteiger partial charge in [-0.25, -0.2) is 12.8 Å². The molecule has 0 saturated heterocycles. The van der Waals surface area contributed by atoms with Crippen LogP contribution in [0.5, 0.6) is 0 Å². The highest BCUT2D eigenvalue weighted by molar-refractivity contribution is 7.92. The van der Waals surface area contributed by atoms with E-state index in [1.54, 1.807) is 31.2 Å². The first-order valence-electron chi connectivity index (χ1n) is 7.71. The summed E-state index contributed by atoms with van der Waals surface area (Å²) in [4.78, 5) is 12.6. The number of carbonyl (C=O) groups excluding carboxylic acids is 1. The Bertz CT molecular complexity index is 1110. The third-order valence-corrected chi connectivity index (χ3v) is 6.39. The predicted octanol–water partition coefficient (Wildman–Crippen LogP) is 4.90. The van der Waals surface area contributed by atoms with E-state index < -0.39 is 21.7 Å². The van der Waals surface area contributed by atoms with Crippen molar-refractivity contribution in [1.29, 1.82) is 0 Å². The summed E-state index contributed by atoms with van der Waals surface area (Å²) in [7, 11) is -4.05. The normalized spacial score (nSPS) is 11.2. The van der Waals surface area contributed by atoms with E-state index in [4.69, 9.17) is 11.6 Å². The van der Waals surface area contributed by atoms with Crippen LogP contribution in [-0.4, -0.2) is 14.3 Å². The summed E-state index contributed by atoms with van der Waals surface area (Å²) in [6, 6.07) is 13.1. The van der Waals surface area contributed by atoms with Gasteiger partial charge in [0.1, 0.15) is 5.82 Å². The second-order valence-corrected chi connectivity index (χ2v) is 8.99. The number of benzene rings is 2. The number of halogens is 2. The molecule has 3 rings (SSSR count). The zero-order valence-corrected chi connectivity index (χ0v) is 16.4. The van der Waals surface area contributed by atoms with Crippen molar-refractivity contribution in [2.75, 3.05) is 10.0 Å². The molecule has 0 bridgehead atoms. The van der Waals surface area contributed by atoms with Crippen molar-refractivity contribution >= 4 is 50.2 Å². The number of hydrogen-bond acceptors (Lipinski definition) is 4. The van der Waals surface area contributed by atoms with Gasteiger partial charge in [-0.05, 0) is 48.9 Å².